The molecule has 1 fully saturated rings. The molecule has 0 unspecified atom stereocenters. The van der Waals surface area contributed by atoms with Gasteiger partial charge in [0.1, 0.15) is 0 Å². The molecule has 1 heterocycles. The Kier molecular flexibility index (Phi) is 4.43. The third-order valence-corrected chi connectivity index (χ3v) is 4.91. The van der Waals surface area contributed by atoms with E-state index in [0.29, 0.717) is 11.4 Å². The number of nitrogens with zero attached hydrogens (tertiary/aromatic N) is 1. The van der Waals surface area contributed by atoms with Gasteiger partial charge in [0.05, 0.1) is 11.4 Å². The second kappa shape index (κ2) is 5.92. The first-order chi connectivity index (χ1) is 9.42. The fourth-order valence-electron chi connectivity index (χ4n) is 2.58. The zero-order chi connectivity index (χ0) is 14.8. The van der Waals surface area contributed by atoms with Crippen LogP contribution in [0.3, 0.4) is 0 Å². The molecular weight excluding hydrogens is 268 g/mol. The van der Waals surface area contributed by atoms with Crippen molar-refractivity contribution < 1.29 is 4.79 Å². The van der Waals surface area contributed by atoms with E-state index in [4.69, 9.17) is 18.0 Å². The molecule has 2 N–H and O–H groups in total. The molecule has 1 saturated heterocycles. The first-order valence-corrected chi connectivity index (χ1v) is 7.45. The van der Waals surface area contributed by atoms with Gasteiger partial charge in [0.25, 0.3) is 0 Å². The molecule has 1 aromatic rings. The summed E-state index contributed by atoms with van der Waals surface area (Å²) in [5, 5.41) is 0. The molecule has 1 aliphatic heterocycles. The number of thiocarbonyl (C=S) groups is 1. The summed E-state index contributed by atoms with van der Waals surface area (Å²) >= 11 is 5.13. The Morgan fingerprint density at radius 3 is 2.50 bits per heavy atom. The molecule has 0 bridgehead atoms. The molecule has 0 aliphatic carbocycles. The number of amides is 1. The first kappa shape index (κ1) is 15.0. The Morgan fingerprint density at radius 1 is 1.35 bits per heavy atom. The van der Waals surface area contributed by atoms with E-state index in [2.05, 4.69) is 6.92 Å². The van der Waals surface area contributed by atoms with Crippen LogP contribution in [0.1, 0.15) is 30.9 Å². The summed E-state index contributed by atoms with van der Waals surface area (Å²) < 4.78 is 0. The van der Waals surface area contributed by atoms with E-state index in [1.165, 1.54) is 5.56 Å². The maximum Gasteiger partial charge on any atom is 0.227 e. The number of carbonyl (C=O) groups is 1. The van der Waals surface area contributed by atoms with Gasteiger partial charge in [0.2, 0.25) is 5.91 Å². The molecular formula is C16H22N2OS. The van der Waals surface area contributed by atoms with Crippen molar-refractivity contribution in [2.24, 2.45) is 11.1 Å². The van der Waals surface area contributed by atoms with Crippen LogP contribution < -0.4 is 5.73 Å². The van der Waals surface area contributed by atoms with Crippen LogP contribution in [0, 0.1) is 12.3 Å². The number of likely N-dealkylation sites (tertiary alicyclic amines) is 1. The molecule has 0 saturated carbocycles. The predicted octanol–water partition coefficient (Wildman–Crippen LogP) is 2.45. The van der Waals surface area contributed by atoms with Gasteiger partial charge >= 0.3 is 0 Å². The minimum Gasteiger partial charge on any atom is -0.393 e. The van der Waals surface area contributed by atoms with Gasteiger partial charge in [-0.05, 0) is 30.9 Å². The van der Waals surface area contributed by atoms with Gasteiger partial charge in [-0.2, -0.15) is 0 Å². The van der Waals surface area contributed by atoms with Crippen LogP contribution in [-0.2, 0) is 11.2 Å². The number of hydrogen-bond donors (Lipinski definition) is 1. The summed E-state index contributed by atoms with van der Waals surface area (Å²) in [5.74, 6) is 0.198. The first-order valence-electron chi connectivity index (χ1n) is 7.04. The molecule has 3 nitrogen and oxygen atoms in total. The van der Waals surface area contributed by atoms with Gasteiger partial charge in [-0.15, -0.1) is 0 Å². The summed E-state index contributed by atoms with van der Waals surface area (Å²) in [6.07, 6.45) is 2.21. The molecule has 0 aromatic heterocycles. The topological polar surface area (TPSA) is 46.3 Å². The molecule has 1 aromatic carbocycles. The highest BCUT2D eigenvalue weighted by Crippen LogP contribution is 2.31. The van der Waals surface area contributed by atoms with E-state index >= 15 is 0 Å². The standard InChI is InChI=1S/C16H22N2OS/c1-12-5-3-4-6-13(12)11-14(19)18-9-7-16(2,8-10-18)15(17)20/h3-6H,7-11H2,1-2H3,(H2,17,20). The zero-order valence-electron chi connectivity index (χ0n) is 12.2. The number of piperidine rings is 1. The van der Waals surface area contributed by atoms with Gasteiger partial charge in [-0.1, -0.05) is 43.4 Å². The summed E-state index contributed by atoms with van der Waals surface area (Å²) in [6.45, 7) is 5.64. The van der Waals surface area contributed by atoms with Crippen molar-refractivity contribution in [1.82, 2.24) is 4.90 Å². The van der Waals surface area contributed by atoms with Crippen molar-refractivity contribution in [2.75, 3.05) is 13.1 Å². The van der Waals surface area contributed by atoms with Crippen molar-refractivity contribution >= 4 is 23.1 Å². The number of nitrogens with two attached hydrogens (primary N) is 1. The van der Waals surface area contributed by atoms with Crippen LogP contribution in [0.25, 0.3) is 0 Å². The summed E-state index contributed by atoms with van der Waals surface area (Å²) in [6, 6.07) is 8.05. The number of carbonyl (C=O) groups excluding carboxylic acids is 1. The second-order valence-corrected chi connectivity index (χ2v) is 6.35. The van der Waals surface area contributed by atoms with Crippen LogP contribution in [0.2, 0.25) is 0 Å². The van der Waals surface area contributed by atoms with Crippen molar-refractivity contribution in [1.29, 1.82) is 0 Å². The molecule has 108 valence electrons. The van der Waals surface area contributed by atoms with Crippen LogP contribution in [-0.4, -0.2) is 28.9 Å². The largest absolute Gasteiger partial charge is 0.393 e. The number of benzene rings is 1. The van der Waals surface area contributed by atoms with Crippen molar-refractivity contribution in [3.63, 3.8) is 0 Å². The highest BCUT2D eigenvalue weighted by molar-refractivity contribution is 7.80. The maximum absolute atomic E-state index is 12.4. The number of aryl methyl sites for hydroxylation is 1. The highest BCUT2D eigenvalue weighted by atomic mass is 32.1. The lowest BCUT2D eigenvalue weighted by Gasteiger charge is -2.38. The summed E-state index contributed by atoms with van der Waals surface area (Å²) in [5.41, 5.74) is 7.99. The maximum atomic E-state index is 12.4. The van der Waals surface area contributed by atoms with Crippen LogP contribution in [0.5, 0.6) is 0 Å². The number of hydrogen-bond acceptors (Lipinski definition) is 2. The van der Waals surface area contributed by atoms with Crippen LogP contribution in [0.4, 0.5) is 0 Å². The van der Waals surface area contributed by atoms with E-state index in [-0.39, 0.29) is 11.3 Å². The van der Waals surface area contributed by atoms with Crippen LogP contribution in [0.15, 0.2) is 24.3 Å². The minimum absolute atomic E-state index is 0.0885. The fourth-order valence-corrected chi connectivity index (χ4v) is 2.78. The van der Waals surface area contributed by atoms with E-state index < -0.39 is 0 Å². The SMILES string of the molecule is Cc1ccccc1CC(=O)N1CCC(C)(C(N)=S)CC1. The molecule has 0 radical (unpaired) electrons. The summed E-state index contributed by atoms with van der Waals surface area (Å²) in [4.78, 5) is 14.9. The average molecular weight is 290 g/mol. The Hall–Kier alpha value is -1.42. The smallest absolute Gasteiger partial charge is 0.227 e. The Bertz CT molecular complexity index is 519. The van der Waals surface area contributed by atoms with Gasteiger partial charge in [-0.25, -0.2) is 0 Å². The van der Waals surface area contributed by atoms with Crippen molar-refractivity contribution in [3.05, 3.63) is 35.4 Å². The molecule has 0 atom stereocenters. The van der Waals surface area contributed by atoms with Gasteiger partial charge in [0.15, 0.2) is 0 Å². The van der Waals surface area contributed by atoms with Crippen molar-refractivity contribution in [2.45, 2.75) is 33.1 Å². The Labute approximate surface area is 126 Å². The molecule has 20 heavy (non-hydrogen) atoms. The zero-order valence-corrected chi connectivity index (χ0v) is 13.0. The lowest BCUT2D eigenvalue weighted by Crippen LogP contribution is -2.47. The Morgan fingerprint density at radius 2 is 1.95 bits per heavy atom. The lowest BCUT2D eigenvalue weighted by molar-refractivity contribution is -0.132. The quantitative estimate of drug-likeness (QED) is 0.870. The third kappa shape index (κ3) is 3.18. The fraction of sp³-hybridized carbons (Fsp3) is 0.500. The van der Waals surface area contributed by atoms with Gasteiger partial charge in [0, 0.05) is 18.5 Å². The molecule has 2 rings (SSSR count). The van der Waals surface area contributed by atoms with Crippen molar-refractivity contribution in [3.8, 4) is 0 Å². The van der Waals surface area contributed by atoms with Gasteiger partial charge in [-0.3, -0.25) is 4.79 Å². The van der Waals surface area contributed by atoms with Gasteiger partial charge < -0.3 is 10.6 Å². The molecule has 1 aliphatic rings. The van der Waals surface area contributed by atoms with Crippen LogP contribution >= 0.6 is 12.2 Å². The monoisotopic (exact) mass is 290 g/mol. The molecule has 4 heteroatoms. The summed E-state index contributed by atoms with van der Waals surface area (Å²) in [7, 11) is 0. The van der Waals surface area contributed by atoms with E-state index in [1.54, 1.807) is 0 Å². The average Bonchev–Trinajstić information content (AvgIpc) is 2.42. The third-order valence-electron chi connectivity index (χ3n) is 4.42. The van der Waals surface area contributed by atoms with E-state index in [9.17, 15) is 4.79 Å². The van der Waals surface area contributed by atoms with E-state index in [1.807, 2.05) is 36.1 Å². The minimum atomic E-state index is -0.0885. The molecule has 0 spiro atoms. The molecule has 1 amide bonds. The Balaban J connectivity index is 1.96. The predicted molar refractivity (Wildman–Crippen MR) is 85.6 cm³/mol. The highest BCUT2D eigenvalue weighted by Gasteiger charge is 2.34. The second-order valence-electron chi connectivity index (χ2n) is 5.91. The van der Waals surface area contributed by atoms with E-state index in [0.717, 1.165) is 31.5 Å². The number of rotatable bonds is 3. The lowest BCUT2D eigenvalue weighted by atomic mass is 9.80. The normalized spacial score (nSPS) is 17.8.